The van der Waals surface area contributed by atoms with Crippen molar-refractivity contribution in [2.45, 2.75) is 27.2 Å². The molecule has 1 aromatic heterocycles. The van der Waals surface area contributed by atoms with Gasteiger partial charge in [0.05, 0.1) is 0 Å². The second-order valence-corrected chi connectivity index (χ2v) is 6.31. The predicted molar refractivity (Wildman–Crippen MR) is 69.5 cm³/mol. The minimum absolute atomic E-state index is 0.388. The Hall–Kier alpha value is -0.640. The zero-order valence-corrected chi connectivity index (χ0v) is 11.7. The van der Waals surface area contributed by atoms with Crippen molar-refractivity contribution in [3.05, 3.63) is 17.0 Å². The summed E-state index contributed by atoms with van der Waals surface area (Å²) < 4.78 is 0.858. The standard InChI is InChI=1S/C12H18BrN3/c1-12(2,3)9-4-5-16(7-9)11-6-10(13)14-8-15-11/h6,8-9H,4-5,7H2,1-3H3. The number of aromatic nitrogens is 2. The first-order chi connectivity index (χ1) is 7.47. The van der Waals surface area contributed by atoms with Gasteiger partial charge in [0.25, 0.3) is 0 Å². The van der Waals surface area contributed by atoms with Crippen LogP contribution < -0.4 is 4.90 Å². The van der Waals surface area contributed by atoms with Gasteiger partial charge >= 0.3 is 0 Å². The Labute approximate surface area is 105 Å². The Morgan fingerprint density at radius 3 is 2.69 bits per heavy atom. The maximum absolute atomic E-state index is 4.32. The maximum atomic E-state index is 4.32. The normalized spacial score (nSPS) is 21.5. The highest BCUT2D eigenvalue weighted by Crippen LogP contribution is 2.35. The maximum Gasteiger partial charge on any atom is 0.133 e. The molecule has 1 unspecified atom stereocenters. The van der Waals surface area contributed by atoms with Crippen molar-refractivity contribution >= 4 is 21.7 Å². The smallest absolute Gasteiger partial charge is 0.133 e. The van der Waals surface area contributed by atoms with E-state index in [0.717, 1.165) is 29.4 Å². The van der Waals surface area contributed by atoms with Crippen LogP contribution in [0.4, 0.5) is 5.82 Å². The number of rotatable bonds is 1. The lowest BCUT2D eigenvalue weighted by atomic mass is 9.80. The van der Waals surface area contributed by atoms with Gasteiger partial charge in [-0.05, 0) is 33.7 Å². The molecule has 88 valence electrons. The van der Waals surface area contributed by atoms with Gasteiger partial charge < -0.3 is 4.90 Å². The minimum atomic E-state index is 0.388. The van der Waals surface area contributed by atoms with Crippen molar-refractivity contribution in [1.29, 1.82) is 0 Å². The molecule has 0 aromatic carbocycles. The fourth-order valence-electron chi connectivity index (χ4n) is 2.17. The molecule has 2 rings (SSSR count). The Morgan fingerprint density at radius 2 is 2.12 bits per heavy atom. The zero-order valence-electron chi connectivity index (χ0n) is 10.1. The van der Waals surface area contributed by atoms with Gasteiger partial charge in [-0.3, -0.25) is 0 Å². The molecule has 0 bridgehead atoms. The van der Waals surface area contributed by atoms with Gasteiger partial charge in [-0.1, -0.05) is 20.8 Å². The van der Waals surface area contributed by atoms with Crippen LogP contribution in [-0.2, 0) is 0 Å². The van der Waals surface area contributed by atoms with Crippen molar-refractivity contribution < 1.29 is 0 Å². The number of nitrogens with zero attached hydrogens (tertiary/aromatic N) is 3. The van der Waals surface area contributed by atoms with Crippen molar-refractivity contribution in [2.75, 3.05) is 18.0 Å². The van der Waals surface area contributed by atoms with Gasteiger partial charge in [0.2, 0.25) is 0 Å². The van der Waals surface area contributed by atoms with Crippen LogP contribution in [0.2, 0.25) is 0 Å². The van der Waals surface area contributed by atoms with E-state index >= 15 is 0 Å². The molecule has 1 atom stereocenters. The monoisotopic (exact) mass is 283 g/mol. The summed E-state index contributed by atoms with van der Waals surface area (Å²) in [6.07, 6.45) is 2.87. The van der Waals surface area contributed by atoms with Crippen LogP contribution >= 0.6 is 15.9 Å². The summed E-state index contributed by atoms with van der Waals surface area (Å²) in [5.41, 5.74) is 0.388. The lowest BCUT2D eigenvalue weighted by molar-refractivity contribution is 0.263. The summed E-state index contributed by atoms with van der Waals surface area (Å²) >= 11 is 3.39. The highest BCUT2D eigenvalue weighted by molar-refractivity contribution is 9.10. The van der Waals surface area contributed by atoms with Crippen LogP contribution in [0.5, 0.6) is 0 Å². The number of hydrogen-bond donors (Lipinski definition) is 0. The largest absolute Gasteiger partial charge is 0.356 e. The Balaban J connectivity index is 2.09. The molecule has 1 aliphatic heterocycles. The molecule has 1 fully saturated rings. The third kappa shape index (κ3) is 2.54. The average Bonchev–Trinajstić information content (AvgIpc) is 2.65. The average molecular weight is 284 g/mol. The van der Waals surface area contributed by atoms with E-state index in [4.69, 9.17) is 0 Å². The van der Waals surface area contributed by atoms with Crippen LogP contribution in [0.15, 0.2) is 17.0 Å². The molecular weight excluding hydrogens is 266 g/mol. The van der Waals surface area contributed by atoms with E-state index in [-0.39, 0.29) is 0 Å². The molecule has 1 saturated heterocycles. The first-order valence-electron chi connectivity index (χ1n) is 5.69. The van der Waals surface area contributed by atoms with E-state index < -0.39 is 0 Å². The molecule has 3 nitrogen and oxygen atoms in total. The second-order valence-electron chi connectivity index (χ2n) is 5.50. The Kier molecular flexibility index (Phi) is 3.19. The van der Waals surface area contributed by atoms with Gasteiger partial charge in [-0.25, -0.2) is 9.97 Å². The number of hydrogen-bond acceptors (Lipinski definition) is 3. The molecule has 0 saturated carbocycles. The topological polar surface area (TPSA) is 29.0 Å². The van der Waals surface area contributed by atoms with E-state index in [1.165, 1.54) is 6.42 Å². The summed E-state index contributed by atoms with van der Waals surface area (Å²) in [5.74, 6) is 1.79. The van der Waals surface area contributed by atoms with E-state index in [0.29, 0.717) is 5.41 Å². The molecule has 16 heavy (non-hydrogen) atoms. The van der Waals surface area contributed by atoms with Crippen LogP contribution in [0.1, 0.15) is 27.2 Å². The fourth-order valence-corrected chi connectivity index (χ4v) is 2.47. The quantitative estimate of drug-likeness (QED) is 0.742. The molecule has 4 heteroatoms. The van der Waals surface area contributed by atoms with Crippen molar-refractivity contribution in [2.24, 2.45) is 11.3 Å². The highest BCUT2D eigenvalue weighted by Gasteiger charge is 2.32. The van der Waals surface area contributed by atoms with Gasteiger partial charge in [0, 0.05) is 19.2 Å². The van der Waals surface area contributed by atoms with Crippen LogP contribution in [-0.4, -0.2) is 23.1 Å². The molecule has 0 aliphatic carbocycles. The Bertz CT molecular complexity index is 373. The predicted octanol–water partition coefficient (Wildman–Crippen LogP) is 3.11. The summed E-state index contributed by atoms with van der Waals surface area (Å²) in [6, 6.07) is 1.99. The van der Waals surface area contributed by atoms with Gasteiger partial charge in [-0.15, -0.1) is 0 Å². The highest BCUT2D eigenvalue weighted by atomic mass is 79.9. The van der Waals surface area contributed by atoms with Crippen molar-refractivity contribution in [3.8, 4) is 0 Å². The zero-order chi connectivity index (χ0) is 11.8. The Morgan fingerprint density at radius 1 is 1.38 bits per heavy atom. The molecule has 0 radical (unpaired) electrons. The summed E-state index contributed by atoms with van der Waals surface area (Å²) in [6.45, 7) is 9.16. The second kappa shape index (κ2) is 4.32. The first kappa shape index (κ1) is 11.8. The molecule has 0 N–H and O–H groups in total. The summed E-state index contributed by atoms with van der Waals surface area (Å²) in [4.78, 5) is 10.7. The van der Waals surface area contributed by atoms with E-state index in [2.05, 4.69) is 51.6 Å². The lowest BCUT2D eigenvalue weighted by Gasteiger charge is -2.27. The number of halogens is 1. The SMILES string of the molecule is CC(C)(C)C1CCN(c2cc(Br)ncn2)C1. The minimum Gasteiger partial charge on any atom is -0.356 e. The van der Waals surface area contributed by atoms with Gasteiger partial charge in [0.15, 0.2) is 0 Å². The molecular formula is C12H18BrN3. The first-order valence-corrected chi connectivity index (χ1v) is 6.48. The molecule has 0 amide bonds. The third-order valence-corrected chi connectivity index (χ3v) is 3.79. The van der Waals surface area contributed by atoms with E-state index in [9.17, 15) is 0 Å². The molecule has 2 heterocycles. The van der Waals surface area contributed by atoms with Crippen molar-refractivity contribution in [3.63, 3.8) is 0 Å². The third-order valence-electron chi connectivity index (χ3n) is 3.36. The lowest BCUT2D eigenvalue weighted by Crippen LogP contribution is -2.26. The molecule has 0 spiro atoms. The van der Waals surface area contributed by atoms with Crippen LogP contribution in [0.3, 0.4) is 0 Å². The van der Waals surface area contributed by atoms with E-state index in [1.54, 1.807) is 6.33 Å². The molecule has 1 aromatic rings. The van der Waals surface area contributed by atoms with Gasteiger partial charge in [0.1, 0.15) is 16.7 Å². The molecule has 1 aliphatic rings. The number of anilines is 1. The van der Waals surface area contributed by atoms with Gasteiger partial charge in [-0.2, -0.15) is 0 Å². The van der Waals surface area contributed by atoms with E-state index in [1.807, 2.05) is 6.07 Å². The van der Waals surface area contributed by atoms with Crippen molar-refractivity contribution in [1.82, 2.24) is 9.97 Å². The fraction of sp³-hybridized carbons (Fsp3) is 0.667. The summed E-state index contributed by atoms with van der Waals surface area (Å²) in [5, 5.41) is 0. The summed E-state index contributed by atoms with van der Waals surface area (Å²) in [7, 11) is 0. The van der Waals surface area contributed by atoms with Crippen LogP contribution in [0, 0.1) is 11.3 Å². The van der Waals surface area contributed by atoms with Crippen LogP contribution in [0.25, 0.3) is 0 Å².